The smallest absolute Gasteiger partial charge is 0.164 e. The first-order valence-electron chi connectivity index (χ1n) is 19.0. The number of hydrogen-bond acceptors (Lipinski definition) is 5. The fraction of sp³-hybridized carbons (Fsp3) is 0. The predicted octanol–water partition coefficient (Wildman–Crippen LogP) is 13.4. The molecule has 4 aromatic heterocycles. The Labute approximate surface area is 325 Å². The Balaban J connectivity index is 1.01. The van der Waals surface area contributed by atoms with Crippen molar-refractivity contribution in [1.29, 1.82) is 0 Å². The van der Waals surface area contributed by atoms with Gasteiger partial charge in [-0.25, -0.2) is 15.0 Å². The lowest BCUT2D eigenvalue weighted by molar-refractivity contribution is 0.668. The average molecular weight is 731 g/mol. The van der Waals surface area contributed by atoms with E-state index in [1.54, 1.807) is 0 Å². The molecule has 12 rings (SSSR count). The average Bonchev–Trinajstić information content (AvgIpc) is 3.96. The van der Waals surface area contributed by atoms with Crippen LogP contribution in [0.15, 0.2) is 191 Å². The van der Waals surface area contributed by atoms with E-state index in [0.717, 1.165) is 88.4 Å². The maximum absolute atomic E-state index is 6.48. The van der Waals surface area contributed by atoms with E-state index in [0.29, 0.717) is 17.5 Å². The Morgan fingerprint density at radius 3 is 1.70 bits per heavy atom. The summed E-state index contributed by atoms with van der Waals surface area (Å²) < 4.78 is 15.2. The summed E-state index contributed by atoms with van der Waals surface area (Å²) in [4.78, 5) is 15.2. The summed E-state index contributed by atoms with van der Waals surface area (Å²) >= 11 is 0. The van der Waals surface area contributed by atoms with Gasteiger partial charge < -0.3 is 13.4 Å². The largest absolute Gasteiger partial charge is 0.456 e. The maximum atomic E-state index is 6.48. The molecule has 0 aliphatic heterocycles. The van der Waals surface area contributed by atoms with E-state index in [2.05, 4.69) is 120 Å². The molecule has 0 aliphatic carbocycles. The van der Waals surface area contributed by atoms with Crippen LogP contribution in [0.2, 0.25) is 0 Å². The third-order valence-electron chi connectivity index (χ3n) is 11.1. The van der Waals surface area contributed by atoms with Gasteiger partial charge in [-0.05, 0) is 77.9 Å². The van der Waals surface area contributed by atoms with Crippen LogP contribution in [0.5, 0.6) is 0 Å². The Bertz CT molecular complexity index is 3510. The molecule has 12 aromatic rings. The molecule has 0 aliphatic rings. The lowest BCUT2D eigenvalue weighted by Crippen LogP contribution is -2.00. The molecule has 0 radical (unpaired) electrons. The van der Waals surface area contributed by atoms with E-state index in [-0.39, 0.29) is 0 Å². The minimum Gasteiger partial charge on any atom is -0.456 e. The SMILES string of the molecule is c1ccc(-c2nc(-c3ccc(-n4c5ccccc5c5ccc6oc7ccccc7c6c54)cc3)nc(-c3ccc4c(c3)oc3cccc(-c5ccccc5)c34)n2)cc1. The van der Waals surface area contributed by atoms with Crippen LogP contribution >= 0.6 is 0 Å². The van der Waals surface area contributed by atoms with Gasteiger partial charge in [-0.3, -0.25) is 0 Å². The fourth-order valence-electron chi connectivity index (χ4n) is 8.47. The fourth-order valence-corrected chi connectivity index (χ4v) is 8.47. The van der Waals surface area contributed by atoms with Gasteiger partial charge in [0.1, 0.15) is 22.3 Å². The lowest BCUT2D eigenvalue weighted by Gasteiger charge is -2.11. The second-order valence-corrected chi connectivity index (χ2v) is 14.4. The molecular weight excluding hydrogens is 701 g/mol. The molecule has 6 heteroatoms. The zero-order valence-electron chi connectivity index (χ0n) is 30.4. The standard InChI is InChI=1S/C51H30N4O2/c1-3-12-31(13-4-1)36-18-11-21-43-46(36)40-27-24-34(30-45(40)57-43)51-53-49(32-14-5-2-6-15-32)52-50(54-51)33-22-25-35(26-23-33)55-41-19-9-7-16-37(41)38-28-29-44-47(48(38)55)39-17-8-10-20-42(39)56-44/h1-30H. The highest BCUT2D eigenvalue weighted by atomic mass is 16.3. The van der Waals surface area contributed by atoms with Gasteiger partial charge >= 0.3 is 0 Å². The van der Waals surface area contributed by atoms with Crippen molar-refractivity contribution in [2.75, 3.05) is 0 Å². The molecule has 0 saturated heterocycles. The van der Waals surface area contributed by atoms with E-state index in [9.17, 15) is 0 Å². The van der Waals surface area contributed by atoms with Gasteiger partial charge in [0, 0.05) is 49.3 Å². The third-order valence-corrected chi connectivity index (χ3v) is 11.1. The molecule has 8 aromatic carbocycles. The van der Waals surface area contributed by atoms with E-state index < -0.39 is 0 Å². The van der Waals surface area contributed by atoms with E-state index in [1.165, 1.54) is 10.8 Å². The highest BCUT2D eigenvalue weighted by molar-refractivity contribution is 6.24. The molecule has 6 nitrogen and oxygen atoms in total. The van der Waals surface area contributed by atoms with Crippen LogP contribution in [-0.4, -0.2) is 19.5 Å². The van der Waals surface area contributed by atoms with Gasteiger partial charge in [-0.2, -0.15) is 0 Å². The molecule has 0 spiro atoms. The summed E-state index contributed by atoms with van der Waals surface area (Å²) in [5, 5.41) is 6.72. The first-order chi connectivity index (χ1) is 28.2. The highest BCUT2D eigenvalue weighted by Crippen LogP contribution is 2.42. The van der Waals surface area contributed by atoms with Crippen LogP contribution < -0.4 is 0 Å². The number of nitrogens with zero attached hydrogens (tertiary/aromatic N) is 4. The Hall–Kier alpha value is -7.83. The van der Waals surface area contributed by atoms with Crippen LogP contribution in [0.3, 0.4) is 0 Å². The predicted molar refractivity (Wildman–Crippen MR) is 230 cm³/mol. The molecule has 0 saturated carbocycles. The summed E-state index contributed by atoms with van der Waals surface area (Å²) in [6, 6.07) is 62.6. The van der Waals surface area contributed by atoms with Crippen LogP contribution in [0.4, 0.5) is 0 Å². The number of aromatic nitrogens is 4. The lowest BCUT2D eigenvalue weighted by atomic mass is 9.99. The van der Waals surface area contributed by atoms with Crippen molar-refractivity contribution in [2.24, 2.45) is 0 Å². The van der Waals surface area contributed by atoms with E-state index >= 15 is 0 Å². The second kappa shape index (κ2) is 12.3. The second-order valence-electron chi connectivity index (χ2n) is 14.4. The summed E-state index contributed by atoms with van der Waals surface area (Å²) in [6.07, 6.45) is 0. The monoisotopic (exact) mass is 730 g/mol. The molecule has 0 N–H and O–H groups in total. The maximum Gasteiger partial charge on any atom is 0.164 e. The van der Waals surface area contributed by atoms with Gasteiger partial charge in [0.05, 0.1) is 16.4 Å². The number of benzene rings is 8. The quantitative estimate of drug-likeness (QED) is 0.176. The summed E-state index contributed by atoms with van der Waals surface area (Å²) in [5.74, 6) is 1.77. The van der Waals surface area contributed by atoms with Crippen molar-refractivity contribution in [3.05, 3.63) is 182 Å². The highest BCUT2D eigenvalue weighted by Gasteiger charge is 2.20. The van der Waals surface area contributed by atoms with Crippen LogP contribution in [0.25, 0.3) is 117 Å². The molecule has 0 unspecified atom stereocenters. The van der Waals surface area contributed by atoms with Crippen LogP contribution in [0.1, 0.15) is 0 Å². The van der Waals surface area contributed by atoms with Crippen LogP contribution in [-0.2, 0) is 0 Å². The molecular formula is C51H30N4O2. The number of furan rings is 2. The minimum absolute atomic E-state index is 0.574. The Kier molecular flexibility index (Phi) is 6.83. The summed E-state index contributed by atoms with van der Waals surface area (Å²) in [5.41, 5.74) is 11.6. The molecule has 57 heavy (non-hydrogen) atoms. The van der Waals surface area contributed by atoms with Gasteiger partial charge in [0.2, 0.25) is 0 Å². The van der Waals surface area contributed by atoms with Crippen molar-refractivity contribution >= 4 is 65.7 Å². The van der Waals surface area contributed by atoms with Gasteiger partial charge in [-0.15, -0.1) is 0 Å². The first-order valence-corrected chi connectivity index (χ1v) is 19.0. The number of hydrogen-bond donors (Lipinski definition) is 0. The van der Waals surface area contributed by atoms with Crippen molar-refractivity contribution in [3.8, 4) is 51.0 Å². The number of fused-ring (bicyclic) bond motifs is 10. The number of rotatable bonds is 5. The third kappa shape index (κ3) is 4.94. The van der Waals surface area contributed by atoms with Crippen molar-refractivity contribution < 1.29 is 8.83 Å². The first kappa shape index (κ1) is 31.5. The van der Waals surface area contributed by atoms with Gasteiger partial charge in [0.15, 0.2) is 17.5 Å². The van der Waals surface area contributed by atoms with Crippen LogP contribution in [0, 0.1) is 0 Å². The minimum atomic E-state index is 0.574. The molecule has 0 bridgehead atoms. The topological polar surface area (TPSA) is 69.9 Å². The summed E-state index contributed by atoms with van der Waals surface area (Å²) in [6.45, 7) is 0. The summed E-state index contributed by atoms with van der Waals surface area (Å²) in [7, 11) is 0. The van der Waals surface area contributed by atoms with E-state index in [4.69, 9.17) is 23.8 Å². The molecule has 4 heterocycles. The van der Waals surface area contributed by atoms with Crippen molar-refractivity contribution in [3.63, 3.8) is 0 Å². The Morgan fingerprint density at radius 2 is 0.912 bits per heavy atom. The zero-order valence-corrected chi connectivity index (χ0v) is 30.4. The number of para-hydroxylation sites is 2. The van der Waals surface area contributed by atoms with Crippen molar-refractivity contribution in [2.45, 2.75) is 0 Å². The Morgan fingerprint density at radius 1 is 0.351 bits per heavy atom. The van der Waals surface area contributed by atoms with E-state index in [1.807, 2.05) is 66.7 Å². The van der Waals surface area contributed by atoms with Crippen molar-refractivity contribution in [1.82, 2.24) is 19.5 Å². The van der Waals surface area contributed by atoms with Gasteiger partial charge in [0.25, 0.3) is 0 Å². The molecule has 266 valence electrons. The molecule has 0 amide bonds. The normalized spacial score (nSPS) is 11.9. The molecule has 0 fully saturated rings. The molecule has 0 atom stereocenters. The zero-order chi connectivity index (χ0) is 37.5. The van der Waals surface area contributed by atoms with Gasteiger partial charge in [-0.1, -0.05) is 115 Å².